The van der Waals surface area contributed by atoms with E-state index in [4.69, 9.17) is 16.3 Å². The van der Waals surface area contributed by atoms with Crippen LogP contribution in [-0.4, -0.2) is 23.4 Å². The van der Waals surface area contributed by atoms with E-state index in [1.54, 1.807) is 53.6 Å². The van der Waals surface area contributed by atoms with Crippen molar-refractivity contribution in [2.45, 2.75) is 6.54 Å². The Morgan fingerprint density at radius 2 is 2.00 bits per heavy atom. The van der Waals surface area contributed by atoms with Crippen LogP contribution in [0.2, 0.25) is 5.02 Å². The summed E-state index contributed by atoms with van der Waals surface area (Å²) in [5.41, 5.74) is 2.56. The van der Waals surface area contributed by atoms with Gasteiger partial charge in [-0.25, -0.2) is 0 Å². The monoisotopic (exact) mass is 393 g/mol. The van der Waals surface area contributed by atoms with Gasteiger partial charge in [0.05, 0.1) is 17.8 Å². The van der Waals surface area contributed by atoms with Crippen molar-refractivity contribution < 1.29 is 14.3 Å². The molecule has 0 saturated heterocycles. The molecule has 0 radical (unpaired) electrons. The van der Waals surface area contributed by atoms with E-state index in [2.05, 4.69) is 10.3 Å². The van der Waals surface area contributed by atoms with Crippen LogP contribution < -0.4 is 15.0 Å². The highest BCUT2D eigenvalue weighted by Crippen LogP contribution is 2.35. The fourth-order valence-corrected chi connectivity index (χ4v) is 3.05. The maximum absolute atomic E-state index is 12.5. The number of carbonyl (C=O) groups is 2. The molecule has 0 spiro atoms. The number of fused-ring (bicyclic) bond motifs is 1. The topological polar surface area (TPSA) is 71.5 Å². The second kappa shape index (κ2) is 7.70. The molecule has 1 aromatic heterocycles. The van der Waals surface area contributed by atoms with E-state index in [-0.39, 0.29) is 18.4 Å². The fraction of sp³-hybridized carbons (Fsp3) is 0.0952. The van der Waals surface area contributed by atoms with Crippen LogP contribution in [0.4, 0.5) is 11.4 Å². The zero-order valence-corrected chi connectivity index (χ0v) is 15.5. The summed E-state index contributed by atoms with van der Waals surface area (Å²) in [7, 11) is 0. The van der Waals surface area contributed by atoms with Crippen molar-refractivity contribution in [3.05, 3.63) is 83.1 Å². The number of carbonyl (C=O) groups excluding carboxylic acids is 2. The van der Waals surface area contributed by atoms with Crippen molar-refractivity contribution in [3.8, 4) is 5.75 Å². The Bertz CT molecular complexity index is 1020. The molecule has 1 N–H and O–H groups in total. The molecule has 2 amide bonds. The molecule has 1 aliphatic heterocycles. The molecule has 0 fully saturated rings. The van der Waals surface area contributed by atoms with Gasteiger partial charge < -0.3 is 15.0 Å². The van der Waals surface area contributed by atoms with Gasteiger partial charge in [-0.1, -0.05) is 23.7 Å². The van der Waals surface area contributed by atoms with Crippen molar-refractivity contribution >= 4 is 34.8 Å². The average molecular weight is 394 g/mol. The first-order valence-corrected chi connectivity index (χ1v) is 9.01. The molecule has 6 nitrogen and oxygen atoms in total. The summed E-state index contributed by atoms with van der Waals surface area (Å²) in [6.45, 7) is 0.356. The third kappa shape index (κ3) is 3.82. The summed E-state index contributed by atoms with van der Waals surface area (Å²) in [6, 6.07) is 15.9. The van der Waals surface area contributed by atoms with Crippen LogP contribution in [0.1, 0.15) is 15.9 Å². The molecule has 1 aliphatic rings. The van der Waals surface area contributed by atoms with Crippen molar-refractivity contribution in [1.29, 1.82) is 0 Å². The maximum atomic E-state index is 12.5. The predicted octanol–water partition coefficient (Wildman–Crippen LogP) is 3.91. The van der Waals surface area contributed by atoms with Gasteiger partial charge in [0.2, 0.25) is 0 Å². The Balaban J connectivity index is 1.60. The molecule has 3 aromatic rings. The molecular weight excluding hydrogens is 378 g/mol. The maximum Gasteiger partial charge on any atom is 0.265 e. The average Bonchev–Trinajstić information content (AvgIpc) is 2.72. The highest BCUT2D eigenvalue weighted by atomic mass is 35.5. The van der Waals surface area contributed by atoms with Gasteiger partial charge in [-0.15, -0.1) is 0 Å². The molecule has 4 rings (SSSR count). The van der Waals surface area contributed by atoms with Crippen LogP contribution in [0.5, 0.6) is 5.75 Å². The Morgan fingerprint density at radius 1 is 1.18 bits per heavy atom. The summed E-state index contributed by atoms with van der Waals surface area (Å²) in [5.74, 6) is 0.159. The Kier molecular flexibility index (Phi) is 4.95. The first-order chi connectivity index (χ1) is 13.6. The van der Waals surface area contributed by atoms with Gasteiger partial charge in [0, 0.05) is 23.1 Å². The standard InChI is InChI=1S/C21H16ClN3O3/c22-16-5-3-14(4-6-16)12-25-18-10-17(7-8-19(18)28-13-20(25)26)24-21(27)15-2-1-9-23-11-15/h1-11H,12-13H2,(H,24,27). The number of benzene rings is 2. The lowest BCUT2D eigenvalue weighted by molar-refractivity contribution is -0.121. The van der Waals surface area contributed by atoms with Gasteiger partial charge in [-0.3, -0.25) is 14.6 Å². The minimum atomic E-state index is -0.277. The smallest absolute Gasteiger partial charge is 0.265 e. The van der Waals surface area contributed by atoms with Gasteiger partial charge in [-0.2, -0.15) is 0 Å². The van der Waals surface area contributed by atoms with Crippen LogP contribution in [0.3, 0.4) is 0 Å². The molecule has 140 valence electrons. The summed E-state index contributed by atoms with van der Waals surface area (Å²) in [4.78, 5) is 30.4. The van der Waals surface area contributed by atoms with Crippen LogP contribution in [0.25, 0.3) is 0 Å². The van der Waals surface area contributed by atoms with E-state index in [1.807, 2.05) is 12.1 Å². The van der Waals surface area contributed by atoms with Crippen molar-refractivity contribution in [1.82, 2.24) is 4.98 Å². The highest BCUT2D eigenvalue weighted by molar-refractivity contribution is 6.30. The minimum absolute atomic E-state index is 0.0258. The van der Waals surface area contributed by atoms with E-state index in [0.717, 1.165) is 5.56 Å². The molecular formula is C21H16ClN3O3. The number of nitrogens with one attached hydrogen (secondary N) is 1. The zero-order chi connectivity index (χ0) is 19.5. The molecule has 2 heterocycles. The third-order valence-electron chi connectivity index (χ3n) is 4.34. The SMILES string of the molecule is O=C(Nc1ccc2c(c1)N(Cc1ccc(Cl)cc1)C(=O)CO2)c1cccnc1. The number of amides is 2. The van der Waals surface area contributed by atoms with Crippen LogP contribution >= 0.6 is 11.6 Å². The van der Waals surface area contributed by atoms with E-state index in [1.165, 1.54) is 6.20 Å². The summed E-state index contributed by atoms with van der Waals surface area (Å²) < 4.78 is 5.53. The van der Waals surface area contributed by atoms with Crippen molar-refractivity contribution in [2.75, 3.05) is 16.8 Å². The molecule has 0 bridgehead atoms. The van der Waals surface area contributed by atoms with Crippen molar-refractivity contribution in [3.63, 3.8) is 0 Å². The van der Waals surface area contributed by atoms with Crippen LogP contribution in [0.15, 0.2) is 67.0 Å². The highest BCUT2D eigenvalue weighted by Gasteiger charge is 2.26. The quantitative estimate of drug-likeness (QED) is 0.729. The summed E-state index contributed by atoms with van der Waals surface area (Å²) in [6.07, 6.45) is 3.10. The molecule has 0 saturated carbocycles. The van der Waals surface area contributed by atoms with E-state index >= 15 is 0 Å². The predicted molar refractivity (Wildman–Crippen MR) is 107 cm³/mol. The zero-order valence-electron chi connectivity index (χ0n) is 14.8. The van der Waals surface area contributed by atoms with E-state index in [9.17, 15) is 9.59 Å². The molecule has 2 aromatic carbocycles. The Morgan fingerprint density at radius 3 is 2.75 bits per heavy atom. The van der Waals surface area contributed by atoms with Gasteiger partial charge >= 0.3 is 0 Å². The number of rotatable bonds is 4. The Hall–Kier alpha value is -3.38. The largest absolute Gasteiger partial charge is 0.482 e. The molecule has 0 unspecified atom stereocenters. The number of halogens is 1. The number of pyridine rings is 1. The first-order valence-electron chi connectivity index (χ1n) is 8.63. The third-order valence-corrected chi connectivity index (χ3v) is 4.59. The molecule has 7 heteroatoms. The second-order valence-electron chi connectivity index (χ2n) is 6.27. The summed E-state index contributed by atoms with van der Waals surface area (Å²) in [5, 5.41) is 3.46. The molecule has 0 atom stereocenters. The number of hydrogen-bond donors (Lipinski definition) is 1. The first kappa shape index (κ1) is 18.0. The van der Waals surface area contributed by atoms with Gasteiger partial charge in [-0.05, 0) is 48.0 Å². The lowest BCUT2D eigenvalue weighted by atomic mass is 10.1. The normalized spacial score (nSPS) is 12.9. The van der Waals surface area contributed by atoms with Crippen LogP contribution in [0, 0.1) is 0 Å². The number of anilines is 2. The second-order valence-corrected chi connectivity index (χ2v) is 6.71. The summed E-state index contributed by atoms with van der Waals surface area (Å²) >= 11 is 5.94. The Labute approximate surface area is 166 Å². The fourth-order valence-electron chi connectivity index (χ4n) is 2.93. The lowest BCUT2D eigenvalue weighted by Crippen LogP contribution is -2.38. The van der Waals surface area contributed by atoms with Gasteiger partial charge in [0.25, 0.3) is 11.8 Å². The number of nitrogens with zero attached hydrogens (tertiary/aromatic N) is 2. The molecule has 0 aliphatic carbocycles. The van der Waals surface area contributed by atoms with Gasteiger partial charge in [0.1, 0.15) is 5.75 Å². The lowest BCUT2D eigenvalue weighted by Gasteiger charge is -2.30. The van der Waals surface area contributed by atoms with Crippen LogP contribution in [-0.2, 0) is 11.3 Å². The number of hydrogen-bond acceptors (Lipinski definition) is 4. The van der Waals surface area contributed by atoms with E-state index in [0.29, 0.717) is 34.3 Å². The number of ether oxygens (including phenoxy) is 1. The number of aromatic nitrogens is 1. The van der Waals surface area contributed by atoms with E-state index < -0.39 is 0 Å². The molecule has 28 heavy (non-hydrogen) atoms. The minimum Gasteiger partial charge on any atom is -0.482 e. The van der Waals surface area contributed by atoms with Gasteiger partial charge in [0.15, 0.2) is 6.61 Å². The van der Waals surface area contributed by atoms with Crippen molar-refractivity contribution in [2.24, 2.45) is 0 Å².